The van der Waals surface area contributed by atoms with Gasteiger partial charge in [0.05, 0.1) is 5.56 Å². The maximum Gasteiger partial charge on any atom is 0.335 e. The summed E-state index contributed by atoms with van der Waals surface area (Å²) in [6, 6.07) is 2.84. The summed E-state index contributed by atoms with van der Waals surface area (Å²) in [6.45, 7) is 0.779. The van der Waals surface area contributed by atoms with Crippen molar-refractivity contribution in [3.05, 3.63) is 22.8 Å². The van der Waals surface area contributed by atoms with Crippen molar-refractivity contribution in [2.75, 3.05) is 23.9 Å². The van der Waals surface area contributed by atoms with Crippen molar-refractivity contribution in [2.45, 2.75) is 19.3 Å². The smallest absolute Gasteiger partial charge is 0.335 e. The van der Waals surface area contributed by atoms with Crippen molar-refractivity contribution in [3.8, 4) is 0 Å². The van der Waals surface area contributed by atoms with Gasteiger partial charge >= 0.3 is 5.97 Å². The molecule has 0 aromatic carbocycles. The van der Waals surface area contributed by atoms with Crippen LogP contribution in [0.4, 0.5) is 5.82 Å². The Kier molecular flexibility index (Phi) is 6.90. The average molecular weight is 289 g/mol. The van der Waals surface area contributed by atoms with Crippen LogP contribution in [0.2, 0.25) is 5.15 Å². The van der Waals surface area contributed by atoms with Gasteiger partial charge in [0.1, 0.15) is 11.0 Å². The van der Waals surface area contributed by atoms with Crippen molar-refractivity contribution in [2.24, 2.45) is 0 Å². The highest BCUT2D eigenvalue weighted by Gasteiger charge is 2.06. The fourth-order valence-corrected chi connectivity index (χ4v) is 2.18. The molecule has 0 bridgehead atoms. The Bertz CT molecular complexity index is 402. The molecule has 1 aromatic heterocycles. The van der Waals surface area contributed by atoms with Crippen LogP contribution in [0.5, 0.6) is 0 Å². The van der Waals surface area contributed by atoms with Crippen LogP contribution in [-0.2, 0) is 0 Å². The molecule has 6 heteroatoms. The molecule has 0 amide bonds. The van der Waals surface area contributed by atoms with Crippen LogP contribution in [-0.4, -0.2) is 34.6 Å². The molecule has 0 radical (unpaired) electrons. The number of aromatic carboxylic acids is 1. The van der Waals surface area contributed by atoms with Gasteiger partial charge in [0.15, 0.2) is 0 Å². The van der Waals surface area contributed by atoms with Gasteiger partial charge in [-0.15, -0.1) is 0 Å². The number of anilines is 1. The zero-order valence-corrected chi connectivity index (χ0v) is 11.9. The van der Waals surface area contributed by atoms with Crippen molar-refractivity contribution in [1.29, 1.82) is 0 Å². The number of pyridine rings is 1. The molecule has 100 valence electrons. The minimum Gasteiger partial charge on any atom is -0.478 e. The first-order chi connectivity index (χ1) is 8.63. The minimum absolute atomic E-state index is 0.153. The van der Waals surface area contributed by atoms with Gasteiger partial charge in [-0.2, -0.15) is 11.8 Å². The van der Waals surface area contributed by atoms with E-state index in [1.807, 2.05) is 11.8 Å². The molecule has 18 heavy (non-hydrogen) atoms. The topological polar surface area (TPSA) is 62.2 Å². The molecule has 0 unspecified atom stereocenters. The zero-order chi connectivity index (χ0) is 13.4. The summed E-state index contributed by atoms with van der Waals surface area (Å²) >= 11 is 7.61. The molecule has 0 atom stereocenters. The lowest BCUT2D eigenvalue weighted by Crippen LogP contribution is -2.06. The molecule has 1 heterocycles. The maximum atomic E-state index is 10.8. The van der Waals surface area contributed by atoms with Crippen LogP contribution in [0.1, 0.15) is 29.6 Å². The number of aromatic nitrogens is 1. The standard InChI is InChI=1S/C12H17ClN2O2S/c1-18-6-4-2-3-5-14-11-8-9(12(16)17)7-10(13)15-11/h7-8H,2-6H2,1H3,(H,14,15)(H,16,17). The first-order valence-electron chi connectivity index (χ1n) is 5.77. The summed E-state index contributed by atoms with van der Waals surface area (Å²) in [5, 5.41) is 12.2. The molecule has 0 saturated carbocycles. The van der Waals surface area contributed by atoms with Crippen molar-refractivity contribution in [3.63, 3.8) is 0 Å². The number of unbranched alkanes of at least 4 members (excludes halogenated alkanes) is 2. The Morgan fingerprint density at radius 1 is 1.44 bits per heavy atom. The predicted octanol–water partition coefficient (Wildman–Crippen LogP) is 3.38. The Balaban J connectivity index is 2.40. The number of thioether (sulfide) groups is 1. The number of nitrogens with zero attached hydrogens (tertiary/aromatic N) is 1. The molecule has 1 aromatic rings. The number of halogens is 1. The van der Waals surface area contributed by atoms with Crippen LogP contribution in [0.15, 0.2) is 12.1 Å². The first-order valence-corrected chi connectivity index (χ1v) is 7.54. The Morgan fingerprint density at radius 3 is 2.89 bits per heavy atom. The lowest BCUT2D eigenvalue weighted by Gasteiger charge is -2.06. The summed E-state index contributed by atoms with van der Waals surface area (Å²) in [7, 11) is 0. The van der Waals surface area contributed by atoms with Gasteiger partial charge in [-0.1, -0.05) is 18.0 Å². The van der Waals surface area contributed by atoms with E-state index in [0.717, 1.165) is 19.4 Å². The fraction of sp³-hybridized carbons (Fsp3) is 0.500. The largest absolute Gasteiger partial charge is 0.478 e. The molecule has 1 rings (SSSR count). The second kappa shape index (κ2) is 8.21. The molecular weight excluding hydrogens is 272 g/mol. The van der Waals surface area contributed by atoms with Crippen molar-refractivity contribution < 1.29 is 9.90 Å². The lowest BCUT2D eigenvalue weighted by molar-refractivity contribution is 0.0697. The van der Waals surface area contributed by atoms with E-state index in [1.54, 1.807) is 0 Å². The second-order valence-electron chi connectivity index (χ2n) is 3.85. The number of carbonyl (C=O) groups is 1. The summed E-state index contributed by atoms with van der Waals surface area (Å²) in [5.41, 5.74) is 0.153. The summed E-state index contributed by atoms with van der Waals surface area (Å²) < 4.78 is 0. The van der Waals surface area contributed by atoms with Crippen LogP contribution in [0.3, 0.4) is 0 Å². The van der Waals surface area contributed by atoms with E-state index in [9.17, 15) is 4.79 Å². The van der Waals surface area contributed by atoms with Gasteiger partial charge in [0.25, 0.3) is 0 Å². The minimum atomic E-state index is -0.998. The highest BCUT2D eigenvalue weighted by atomic mass is 35.5. The number of nitrogens with one attached hydrogen (secondary N) is 1. The van der Waals surface area contributed by atoms with Gasteiger partial charge in [0, 0.05) is 6.54 Å². The number of carboxylic acid groups (broad SMARTS) is 1. The summed E-state index contributed by atoms with van der Waals surface area (Å²) in [4.78, 5) is 14.9. The molecular formula is C12H17ClN2O2S. The highest BCUT2D eigenvalue weighted by Crippen LogP contribution is 2.14. The van der Waals surface area contributed by atoms with Crippen molar-refractivity contribution in [1.82, 2.24) is 4.98 Å². The van der Waals surface area contributed by atoms with Crippen LogP contribution in [0.25, 0.3) is 0 Å². The van der Waals surface area contributed by atoms with E-state index < -0.39 is 5.97 Å². The van der Waals surface area contributed by atoms with E-state index in [-0.39, 0.29) is 10.7 Å². The maximum absolute atomic E-state index is 10.8. The average Bonchev–Trinajstić information content (AvgIpc) is 2.33. The molecule has 0 aliphatic carbocycles. The number of hydrogen-bond donors (Lipinski definition) is 2. The van der Waals surface area contributed by atoms with Crippen LogP contribution in [0, 0.1) is 0 Å². The van der Waals surface area contributed by atoms with Gasteiger partial charge in [-0.25, -0.2) is 9.78 Å². The zero-order valence-electron chi connectivity index (χ0n) is 10.3. The van der Waals surface area contributed by atoms with Gasteiger partial charge < -0.3 is 10.4 Å². The van der Waals surface area contributed by atoms with E-state index in [4.69, 9.17) is 16.7 Å². The van der Waals surface area contributed by atoms with E-state index in [1.165, 1.54) is 24.3 Å². The predicted molar refractivity (Wildman–Crippen MR) is 76.9 cm³/mol. The van der Waals surface area contributed by atoms with Crippen molar-refractivity contribution >= 4 is 35.1 Å². The quantitative estimate of drug-likeness (QED) is 0.567. The summed E-state index contributed by atoms with van der Waals surface area (Å²) in [6.07, 6.45) is 5.49. The van der Waals surface area contributed by atoms with Gasteiger partial charge in [-0.3, -0.25) is 0 Å². The number of carboxylic acids is 1. The molecule has 0 spiro atoms. The number of rotatable bonds is 8. The Hall–Kier alpha value is -0.940. The Labute approximate surface area is 116 Å². The third-order valence-electron chi connectivity index (χ3n) is 2.37. The Morgan fingerprint density at radius 2 is 2.22 bits per heavy atom. The molecule has 2 N–H and O–H groups in total. The molecule has 0 saturated heterocycles. The monoisotopic (exact) mass is 288 g/mol. The third-order valence-corrected chi connectivity index (χ3v) is 3.26. The van der Waals surface area contributed by atoms with Gasteiger partial charge in [0.2, 0.25) is 0 Å². The number of hydrogen-bond acceptors (Lipinski definition) is 4. The third kappa shape index (κ3) is 5.60. The molecule has 4 nitrogen and oxygen atoms in total. The SMILES string of the molecule is CSCCCCCNc1cc(C(=O)O)cc(Cl)n1. The second-order valence-corrected chi connectivity index (χ2v) is 5.22. The van der Waals surface area contributed by atoms with Crippen LogP contribution >= 0.6 is 23.4 Å². The van der Waals surface area contributed by atoms with Gasteiger partial charge in [-0.05, 0) is 37.0 Å². The first kappa shape index (κ1) is 15.1. The molecule has 0 aliphatic rings. The van der Waals surface area contributed by atoms with E-state index >= 15 is 0 Å². The molecule has 0 fully saturated rings. The van der Waals surface area contributed by atoms with Crippen LogP contribution < -0.4 is 5.32 Å². The normalized spacial score (nSPS) is 10.3. The lowest BCUT2D eigenvalue weighted by atomic mass is 10.2. The highest BCUT2D eigenvalue weighted by molar-refractivity contribution is 7.98. The summed E-state index contributed by atoms with van der Waals surface area (Å²) in [5.74, 6) is 0.700. The molecule has 0 aliphatic heterocycles. The van der Waals surface area contributed by atoms with E-state index in [0.29, 0.717) is 5.82 Å². The fourth-order valence-electron chi connectivity index (χ4n) is 1.48. The van der Waals surface area contributed by atoms with E-state index in [2.05, 4.69) is 16.6 Å².